The molecule has 9 heteroatoms. The molecule has 3 N–H and O–H groups in total. The quantitative estimate of drug-likeness (QED) is 0.342. The molecule has 40 heavy (non-hydrogen) atoms. The van der Waals surface area contributed by atoms with Gasteiger partial charge >= 0.3 is 0 Å². The number of aliphatic hydroxyl groups excluding tert-OH is 1. The molecule has 0 aromatic heterocycles. The van der Waals surface area contributed by atoms with Crippen LogP contribution in [-0.2, 0) is 30.4 Å². The number of rotatable bonds is 12. The molecular weight excluding hydrogens is 510 g/mol. The molecule has 2 heterocycles. The lowest BCUT2D eigenvalue weighted by Crippen LogP contribution is -2.47. The van der Waals surface area contributed by atoms with Crippen LogP contribution < -0.4 is 10.6 Å². The van der Waals surface area contributed by atoms with Crippen molar-refractivity contribution < 1.29 is 28.9 Å². The minimum Gasteiger partial charge on any atom is -0.392 e. The highest BCUT2D eigenvalue weighted by atomic mass is 16.7. The zero-order chi connectivity index (χ0) is 28.3. The maximum Gasteiger partial charge on any atom is 0.224 e. The zero-order valence-electron chi connectivity index (χ0n) is 23.6. The normalized spacial score (nSPS) is 23.5. The van der Waals surface area contributed by atoms with E-state index < -0.39 is 6.29 Å². The van der Waals surface area contributed by atoms with Crippen molar-refractivity contribution in [3.8, 4) is 0 Å². The van der Waals surface area contributed by atoms with Gasteiger partial charge in [0, 0.05) is 56.7 Å². The van der Waals surface area contributed by atoms with Gasteiger partial charge in [-0.15, -0.1) is 0 Å². The van der Waals surface area contributed by atoms with Gasteiger partial charge in [0.25, 0.3) is 0 Å². The van der Waals surface area contributed by atoms with Crippen molar-refractivity contribution in [3.05, 3.63) is 65.2 Å². The summed E-state index contributed by atoms with van der Waals surface area (Å²) < 4.78 is 18.6. The molecule has 4 rings (SSSR count). The van der Waals surface area contributed by atoms with E-state index in [0.717, 1.165) is 74.5 Å². The molecule has 0 radical (unpaired) electrons. The van der Waals surface area contributed by atoms with Crippen LogP contribution in [0.1, 0.15) is 68.6 Å². The molecule has 2 fully saturated rings. The number of hydrogen-bond donors (Lipinski definition) is 3. The third kappa shape index (κ3) is 8.84. The first-order valence-electron chi connectivity index (χ1n) is 14.4. The smallest absolute Gasteiger partial charge is 0.224 e. The molecule has 218 valence electrons. The number of morpholine rings is 1. The summed E-state index contributed by atoms with van der Waals surface area (Å²) in [6.07, 6.45) is 2.22. The number of anilines is 1. The van der Waals surface area contributed by atoms with Crippen molar-refractivity contribution in [2.75, 3.05) is 44.7 Å². The Morgan fingerprint density at radius 2 is 1.65 bits per heavy atom. The van der Waals surface area contributed by atoms with E-state index in [1.54, 1.807) is 0 Å². The van der Waals surface area contributed by atoms with Crippen LogP contribution in [0.25, 0.3) is 0 Å². The van der Waals surface area contributed by atoms with Gasteiger partial charge in [0.05, 0.1) is 32.0 Å². The van der Waals surface area contributed by atoms with Gasteiger partial charge in [0.1, 0.15) is 0 Å². The van der Waals surface area contributed by atoms with E-state index in [0.29, 0.717) is 13.0 Å². The number of nitrogens with zero attached hydrogens (tertiary/aromatic N) is 1. The molecule has 2 aromatic carbocycles. The van der Waals surface area contributed by atoms with E-state index in [1.165, 1.54) is 6.92 Å². The molecule has 2 saturated heterocycles. The van der Waals surface area contributed by atoms with Gasteiger partial charge in [-0.3, -0.25) is 14.5 Å². The molecule has 2 aliphatic heterocycles. The van der Waals surface area contributed by atoms with Crippen molar-refractivity contribution in [1.29, 1.82) is 0 Å². The van der Waals surface area contributed by atoms with Gasteiger partial charge in [-0.25, -0.2) is 0 Å². The molecule has 2 amide bonds. The standard InChI is InChI=1S/C31H43N3O6/c1-22-28(20-34-16-18-38-19-17-34)39-31(40-30(22)25-9-7-24(21-35)8-10-25)26-11-13-27(14-12-26)33-29(37)6-4-3-5-15-32-23(2)36/h7-14,22,28,30-31,35H,3-6,15-21H2,1-2H3,(H,32,36)(H,33,37)/t22-,28+,30+,31+/m0/s1. The van der Waals surface area contributed by atoms with Crippen molar-refractivity contribution in [2.24, 2.45) is 5.92 Å². The summed E-state index contributed by atoms with van der Waals surface area (Å²) in [5.74, 6) is 0.0682. The van der Waals surface area contributed by atoms with E-state index in [2.05, 4.69) is 22.5 Å². The number of unbranched alkanes of at least 4 members (excludes halogenated alkanes) is 2. The Hall–Kier alpha value is -2.82. The number of carbonyl (C=O) groups excluding carboxylic acids is 2. The average Bonchev–Trinajstić information content (AvgIpc) is 2.97. The molecule has 4 atom stereocenters. The first kappa shape index (κ1) is 30.1. The summed E-state index contributed by atoms with van der Waals surface area (Å²) in [6.45, 7) is 8.37. The second-order valence-corrected chi connectivity index (χ2v) is 10.7. The van der Waals surface area contributed by atoms with E-state index in [-0.39, 0.29) is 36.5 Å². The monoisotopic (exact) mass is 553 g/mol. The molecule has 0 spiro atoms. The number of benzene rings is 2. The highest BCUT2D eigenvalue weighted by Gasteiger charge is 2.39. The Kier molecular flexibility index (Phi) is 11.5. The van der Waals surface area contributed by atoms with Crippen molar-refractivity contribution in [2.45, 2.75) is 64.6 Å². The predicted octanol–water partition coefficient (Wildman–Crippen LogP) is 3.94. The predicted molar refractivity (Wildman–Crippen MR) is 152 cm³/mol. The van der Waals surface area contributed by atoms with Gasteiger partial charge in [-0.2, -0.15) is 0 Å². The molecule has 2 aromatic rings. The molecule has 0 aliphatic carbocycles. The third-order valence-corrected chi connectivity index (χ3v) is 7.59. The maximum atomic E-state index is 12.4. The zero-order valence-corrected chi connectivity index (χ0v) is 23.6. The van der Waals surface area contributed by atoms with Crippen molar-refractivity contribution >= 4 is 17.5 Å². The van der Waals surface area contributed by atoms with Crippen LogP contribution in [0.4, 0.5) is 5.69 Å². The fourth-order valence-electron chi connectivity index (χ4n) is 5.17. The molecule has 9 nitrogen and oxygen atoms in total. The maximum absolute atomic E-state index is 12.4. The molecule has 0 unspecified atom stereocenters. The van der Waals surface area contributed by atoms with Crippen LogP contribution in [0.3, 0.4) is 0 Å². The van der Waals surface area contributed by atoms with Crippen LogP contribution in [0.5, 0.6) is 0 Å². The summed E-state index contributed by atoms with van der Waals surface area (Å²) in [5, 5.41) is 15.2. The lowest BCUT2D eigenvalue weighted by molar-refractivity contribution is -0.277. The van der Waals surface area contributed by atoms with E-state index in [9.17, 15) is 14.7 Å². The third-order valence-electron chi connectivity index (χ3n) is 7.59. The highest BCUT2D eigenvalue weighted by molar-refractivity contribution is 5.90. The average molecular weight is 554 g/mol. The lowest BCUT2D eigenvalue weighted by atomic mass is 9.90. The number of aliphatic hydroxyl groups is 1. The number of ether oxygens (including phenoxy) is 3. The fourth-order valence-corrected chi connectivity index (χ4v) is 5.17. The first-order valence-corrected chi connectivity index (χ1v) is 14.4. The van der Waals surface area contributed by atoms with E-state index in [1.807, 2.05) is 48.5 Å². The summed E-state index contributed by atoms with van der Waals surface area (Å²) >= 11 is 0. The Morgan fingerprint density at radius 1 is 0.950 bits per heavy atom. The Morgan fingerprint density at radius 3 is 2.33 bits per heavy atom. The van der Waals surface area contributed by atoms with Crippen LogP contribution in [-0.4, -0.2) is 67.3 Å². The topological polar surface area (TPSA) is 109 Å². The van der Waals surface area contributed by atoms with Gasteiger partial charge < -0.3 is 30.0 Å². The van der Waals surface area contributed by atoms with E-state index in [4.69, 9.17) is 14.2 Å². The highest BCUT2D eigenvalue weighted by Crippen LogP contribution is 2.42. The lowest BCUT2D eigenvalue weighted by Gasteiger charge is -2.43. The van der Waals surface area contributed by atoms with E-state index >= 15 is 0 Å². The Bertz CT molecular complexity index is 1070. The van der Waals surface area contributed by atoms with Gasteiger partial charge in [0.2, 0.25) is 11.8 Å². The first-order chi connectivity index (χ1) is 19.4. The summed E-state index contributed by atoms with van der Waals surface area (Å²) in [7, 11) is 0. The summed E-state index contributed by atoms with van der Waals surface area (Å²) in [4.78, 5) is 25.7. The van der Waals surface area contributed by atoms with Gasteiger partial charge in [0.15, 0.2) is 6.29 Å². The SMILES string of the molecule is CC(=O)NCCCCCC(=O)Nc1ccc([C@@H]2O[C@H](CN3CCOCC3)[C@H](C)[C@H](c3ccc(CO)cc3)O2)cc1. The second-order valence-electron chi connectivity index (χ2n) is 10.7. The minimum atomic E-state index is -0.543. The second kappa shape index (κ2) is 15.3. The number of carbonyl (C=O) groups is 2. The van der Waals surface area contributed by atoms with Crippen molar-refractivity contribution in [1.82, 2.24) is 10.2 Å². The van der Waals surface area contributed by atoms with Crippen LogP contribution in [0.2, 0.25) is 0 Å². The number of hydrogen-bond acceptors (Lipinski definition) is 7. The Labute approximate surface area is 237 Å². The van der Waals surface area contributed by atoms with Crippen LogP contribution >= 0.6 is 0 Å². The van der Waals surface area contributed by atoms with Crippen LogP contribution in [0.15, 0.2) is 48.5 Å². The fraction of sp³-hybridized carbons (Fsp3) is 0.548. The molecule has 2 aliphatic rings. The number of amides is 2. The number of nitrogens with one attached hydrogen (secondary N) is 2. The van der Waals surface area contributed by atoms with Gasteiger partial charge in [-0.05, 0) is 36.1 Å². The summed E-state index contributed by atoms with van der Waals surface area (Å²) in [5.41, 5.74) is 3.56. The van der Waals surface area contributed by atoms with Crippen LogP contribution in [0, 0.1) is 5.92 Å². The molecule has 0 saturated carbocycles. The minimum absolute atomic E-state index is 0.00817. The van der Waals surface area contributed by atoms with Crippen molar-refractivity contribution in [3.63, 3.8) is 0 Å². The van der Waals surface area contributed by atoms with Gasteiger partial charge in [-0.1, -0.05) is 49.7 Å². The molecular formula is C31H43N3O6. The largest absolute Gasteiger partial charge is 0.392 e. The Balaban J connectivity index is 1.38. The molecule has 0 bridgehead atoms. The summed E-state index contributed by atoms with van der Waals surface area (Å²) in [6, 6.07) is 15.6.